The molecule has 1 fully saturated rings. The number of thioether (sulfide) groups is 1. The zero-order chi connectivity index (χ0) is 12.3. The molecule has 1 saturated heterocycles. The lowest BCUT2D eigenvalue weighted by Gasteiger charge is -2.12. The van der Waals surface area contributed by atoms with E-state index in [1.807, 2.05) is 6.92 Å². The van der Waals surface area contributed by atoms with E-state index >= 15 is 0 Å². The van der Waals surface area contributed by atoms with Crippen molar-refractivity contribution >= 4 is 17.7 Å². The molecule has 92 valence electrons. The van der Waals surface area contributed by atoms with Gasteiger partial charge < -0.3 is 4.74 Å². The van der Waals surface area contributed by atoms with Gasteiger partial charge in [-0.1, -0.05) is 29.8 Å². The fraction of sp³-hybridized carbons (Fsp3) is 0.462. The summed E-state index contributed by atoms with van der Waals surface area (Å²) in [6.07, 6.45) is 0. The van der Waals surface area contributed by atoms with E-state index in [0.717, 1.165) is 5.75 Å². The predicted octanol–water partition coefficient (Wildman–Crippen LogP) is 2.26. The topological polar surface area (TPSA) is 38.3 Å². The predicted molar refractivity (Wildman–Crippen MR) is 69.9 cm³/mol. The number of ether oxygens (including phenoxy) is 1. The molecule has 1 aromatic carbocycles. The van der Waals surface area contributed by atoms with Crippen molar-refractivity contribution < 1.29 is 9.53 Å². The monoisotopic (exact) mass is 251 g/mol. The summed E-state index contributed by atoms with van der Waals surface area (Å²) in [7, 11) is 0. The first kappa shape index (κ1) is 12.5. The van der Waals surface area contributed by atoms with E-state index in [2.05, 4.69) is 36.5 Å². The molecular formula is C13H17NO2S. The number of benzene rings is 1. The van der Waals surface area contributed by atoms with E-state index in [1.165, 1.54) is 11.1 Å². The van der Waals surface area contributed by atoms with Crippen LogP contribution in [0, 0.1) is 6.92 Å². The first-order valence-corrected chi connectivity index (χ1v) is 6.86. The van der Waals surface area contributed by atoms with Gasteiger partial charge in [-0.05, 0) is 19.4 Å². The van der Waals surface area contributed by atoms with Gasteiger partial charge in [0.15, 0.2) is 0 Å². The van der Waals surface area contributed by atoms with Crippen molar-refractivity contribution in [2.75, 3.05) is 12.4 Å². The molecule has 0 saturated carbocycles. The average molecular weight is 251 g/mol. The standard InChI is InChI=1S/C13H17NO2S/c1-3-16-13(15)11-8-17-12(14-11)10-6-4-9(2)5-7-10/h4-7,11-12,14H,3,8H2,1-2H3/t11-,12-/m0/s1. The van der Waals surface area contributed by atoms with E-state index in [0.29, 0.717) is 6.61 Å². The van der Waals surface area contributed by atoms with E-state index in [1.54, 1.807) is 11.8 Å². The normalized spacial score (nSPS) is 23.6. The number of esters is 1. The van der Waals surface area contributed by atoms with E-state index < -0.39 is 0 Å². The Bertz CT molecular complexity index is 391. The fourth-order valence-corrected chi connectivity index (χ4v) is 3.01. The highest BCUT2D eigenvalue weighted by atomic mass is 32.2. The summed E-state index contributed by atoms with van der Waals surface area (Å²) in [5.41, 5.74) is 2.46. The second-order valence-corrected chi connectivity index (χ2v) is 5.23. The molecule has 17 heavy (non-hydrogen) atoms. The zero-order valence-corrected chi connectivity index (χ0v) is 10.9. The fourth-order valence-electron chi connectivity index (χ4n) is 1.78. The Hall–Kier alpha value is -1.00. The third kappa shape index (κ3) is 3.01. The largest absolute Gasteiger partial charge is 0.465 e. The van der Waals surface area contributed by atoms with Crippen LogP contribution in [0.1, 0.15) is 23.4 Å². The smallest absolute Gasteiger partial charge is 0.324 e. The van der Waals surface area contributed by atoms with Crippen LogP contribution in [0.5, 0.6) is 0 Å². The molecule has 4 heteroatoms. The Morgan fingerprint density at radius 3 is 2.82 bits per heavy atom. The molecule has 3 nitrogen and oxygen atoms in total. The summed E-state index contributed by atoms with van der Waals surface area (Å²) in [5.74, 6) is 0.631. The highest BCUT2D eigenvalue weighted by molar-refractivity contribution is 7.99. The van der Waals surface area contributed by atoms with Gasteiger partial charge in [0.25, 0.3) is 0 Å². The Kier molecular flexibility index (Phi) is 4.07. The molecule has 2 rings (SSSR count). The number of hydrogen-bond donors (Lipinski definition) is 1. The van der Waals surface area contributed by atoms with Crippen LogP contribution < -0.4 is 5.32 Å². The molecular weight excluding hydrogens is 234 g/mol. The summed E-state index contributed by atoms with van der Waals surface area (Å²) >= 11 is 1.75. The minimum atomic E-state index is -0.175. The third-order valence-electron chi connectivity index (χ3n) is 2.73. The van der Waals surface area contributed by atoms with Crippen molar-refractivity contribution in [1.29, 1.82) is 0 Å². The van der Waals surface area contributed by atoms with Gasteiger partial charge in [-0.2, -0.15) is 0 Å². The zero-order valence-electron chi connectivity index (χ0n) is 10.1. The number of aryl methyl sites for hydroxylation is 1. The van der Waals surface area contributed by atoms with Crippen LogP contribution in [-0.2, 0) is 9.53 Å². The molecule has 0 aromatic heterocycles. The second-order valence-electron chi connectivity index (χ2n) is 4.10. The lowest BCUT2D eigenvalue weighted by Crippen LogP contribution is -2.35. The van der Waals surface area contributed by atoms with Crippen LogP contribution in [0.3, 0.4) is 0 Å². The van der Waals surface area contributed by atoms with Crippen LogP contribution in [0.2, 0.25) is 0 Å². The maximum absolute atomic E-state index is 11.6. The lowest BCUT2D eigenvalue weighted by atomic mass is 10.1. The van der Waals surface area contributed by atoms with Gasteiger partial charge in [0, 0.05) is 5.75 Å². The number of carbonyl (C=O) groups excluding carboxylic acids is 1. The Labute approximate surface area is 106 Å². The van der Waals surface area contributed by atoms with Gasteiger partial charge in [-0.3, -0.25) is 10.1 Å². The Morgan fingerprint density at radius 2 is 2.18 bits per heavy atom. The number of carbonyl (C=O) groups is 1. The van der Waals surface area contributed by atoms with Crippen molar-refractivity contribution in [1.82, 2.24) is 5.32 Å². The average Bonchev–Trinajstić information content (AvgIpc) is 2.80. The summed E-state index contributed by atoms with van der Waals surface area (Å²) in [6.45, 7) is 4.34. The quantitative estimate of drug-likeness (QED) is 0.836. The third-order valence-corrected chi connectivity index (χ3v) is 4.00. The van der Waals surface area contributed by atoms with Crippen LogP contribution in [-0.4, -0.2) is 24.4 Å². The minimum Gasteiger partial charge on any atom is -0.465 e. The first-order chi connectivity index (χ1) is 8.20. The van der Waals surface area contributed by atoms with E-state index in [-0.39, 0.29) is 17.4 Å². The first-order valence-electron chi connectivity index (χ1n) is 5.81. The lowest BCUT2D eigenvalue weighted by molar-refractivity contribution is -0.144. The number of nitrogens with one attached hydrogen (secondary N) is 1. The summed E-state index contributed by atoms with van der Waals surface area (Å²) in [4.78, 5) is 11.6. The van der Waals surface area contributed by atoms with Crippen molar-refractivity contribution in [3.63, 3.8) is 0 Å². The molecule has 0 radical (unpaired) electrons. The summed E-state index contributed by atoms with van der Waals surface area (Å²) < 4.78 is 5.01. The maximum atomic E-state index is 11.6. The minimum absolute atomic E-state index is 0.144. The van der Waals surface area contributed by atoms with Crippen molar-refractivity contribution in [2.24, 2.45) is 0 Å². The van der Waals surface area contributed by atoms with Gasteiger partial charge in [0.1, 0.15) is 6.04 Å². The Morgan fingerprint density at radius 1 is 1.47 bits per heavy atom. The molecule has 1 aliphatic rings. The molecule has 0 unspecified atom stereocenters. The highest BCUT2D eigenvalue weighted by Gasteiger charge is 2.31. The maximum Gasteiger partial charge on any atom is 0.324 e. The Balaban J connectivity index is 1.98. The molecule has 1 heterocycles. The van der Waals surface area contributed by atoms with Crippen molar-refractivity contribution in [3.05, 3.63) is 35.4 Å². The number of rotatable bonds is 3. The molecule has 0 spiro atoms. The molecule has 0 amide bonds. The van der Waals surface area contributed by atoms with Gasteiger partial charge in [0.2, 0.25) is 0 Å². The summed E-state index contributed by atoms with van der Waals surface area (Å²) in [6, 6.07) is 8.22. The number of hydrogen-bond acceptors (Lipinski definition) is 4. The van der Waals surface area contributed by atoms with Crippen molar-refractivity contribution in [2.45, 2.75) is 25.3 Å². The summed E-state index contributed by atoms with van der Waals surface area (Å²) in [5, 5.41) is 3.50. The van der Waals surface area contributed by atoms with Crippen molar-refractivity contribution in [3.8, 4) is 0 Å². The van der Waals surface area contributed by atoms with Crippen LogP contribution in [0.15, 0.2) is 24.3 Å². The second kappa shape index (κ2) is 5.56. The molecule has 1 aliphatic heterocycles. The van der Waals surface area contributed by atoms with Crippen LogP contribution in [0.25, 0.3) is 0 Å². The molecule has 1 N–H and O–H groups in total. The van der Waals surface area contributed by atoms with E-state index in [4.69, 9.17) is 4.74 Å². The van der Waals surface area contributed by atoms with Gasteiger partial charge in [-0.15, -0.1) is 11.8 Å². The van der Waals surface area contributed by atoms with Crippen LogP contribution >= 0.6 is 11.8 Å². The molecule has 2 atom stereocenters. The van der Waals surface area contributed by atoms with Gasteiger partial charge >= 0.3 is 5.97 Å². The SMILES string of the molecule is CCOC(=O)[C@@H]1CS[C@@H](c2ccc(C)cc2)N1. The highest BCUT2D eigenvalue weighted by Crippen LogP contribution is 2.33. The molecule has 0 aliphatic carbocycles. The molecule has 1 aromatic rings. The van der Waals surface area contributed by atoms with Crippen LogP contribution in [0.4, 0.5) is 0 Å². The van der Waals surface area contributed by atoms with Gasteiger partial charge in [0.05, 0.1) is 12.0 Å². The van der Waals surface area contributed by atoms with E-state index in [9.17, 15) is 4.79 Å². The molecule has 0 bridgehead atoms. The van der Waals surface area contributed by atoms with Gasteiger partial charge in [-0.25, -0.2) is 0 Å².